The summed E-state index contributed by atoms with van der Waals surface area (Å²) in [6.45, 7) is 2.03. The Bertz CT molecular complexity index is 823. The lowest BCUT2D eigenvalue weighted by Gasteiger charge is -2.05. The van der Waals surface area contributed by atoms with Crippen LogP contribution >= 0.6 is 0 Å². The van der Waals surface area contributed by atoms with Gasteiger partial charge < -0.3 is 21.0 Å². The lowest BCUT2D eigenvalue weighted by molar-refractivity contribution is 0.435. The highest BCUT2D eigenvalue weighted by molar-refractivity contribution is 5.87. The Morgan fingerprint density at radius 1 is 1.18 bits per heavy atom. The van der Waals surface area contributed by atoms with Gasteiger partial charge in [0.05, 0.1) is 0 Å². The number of rotatable bonds is 4. The Balaban J connectivity index is 1.84. The number of benzene rings is 2. The van der Waals surface area contributed by atoms with Gasteiger partial charge in [0, 0.05) is 34.8 Å². The molecule has 0 atom stereocenters. The normalized spacial score (nSPS) is 10.4. The third-order valence-corrected chi connectivity index (χ3v) is 3.33. The van der Waals surface area contributed by atoms with E-state index in [0.29, 0.717) is 22.8 Å². The molecule has 0 saturated carbocycles. The fourth-order valence-electron chi connectivity index (χ4n) is 2.19. The van der Waals surface area contributed by atoms with Crippen LogP contribution in [0.15, 0.2) is 53.1 Å². The molecule has 1 aromatic heterocycles. The number of nitrogens with one attached hydrogen (secondary N) is 2. The summed E-state index contributed by atoms with van der Waals surface area (Å²) in [6, 6.07) is 15.3. The van der Waals surface area contributed by atoms with Crippen molar-refractivity contribution in [3.8, 4) is 11.3 Å². The number of nitrogens with two attached hydrogens (primary N) is 1. The predicted molar refractivity (Wildman–Crippen MR) is 88.7 cm³/mol. The standard InChI is InChI=1S/C17H16N4O/c1-11-3-2-4-12(7-11)16-9-17(21-22-16)20-14-5-6-15(19)13(8-14)10-18/h2-10,18H,19H2,1H3,(H,20,21). The molecule has 0 unspecified atom stereocenters. The molecular weight excluding hydrogens is 276 g/mol. The third-order valence-electron chi connectivity index (χ3n) is 3.33. The van der Waals surface area contributed by atoms with Crippen LogP contribution in [0, 0.1) is 12.3 Å². The molecule has 5 nitrogen and oxygen atoms in total. The fraction of sp³-hybridized carbons (Fsp3) is 0.0588. The van der Waals surface area contributed by atoms with Gasteiger partial charge in [0.25, 0.3) is 0 Å². The maximum Gasteiger partial charge on any atom is 0.174 e. The fourth-order valence-corrected chi connectivity index (χ4v) is 2.19. The first kappa shape index (κ1) is 13.9. The maximum atomic E-state index is 7.33. The average molecular weight is 292 g/mol. The number of aromatic nitrogens is 1. The number of aryl methyl sites for hydroxylation is 1. The van der Waals surface area contributed by atoms with E-state index in [1.807, 2.05) is 43.3 Å². The second-order valence-corrected chi connectivity index (χ2v) is 5.06. The maximum absolute atomic E-state index is 7.33. The summed E-state index contributed by atoms with van der Waals surface area (Å²) in [5.41, 5.74) is 9.96. The molecule has 4 N–H and O–H groups in total. The van der Waals surface area contributed by atoms with Gasteiger partial charge in [0.2, 0.25) is 0 Å². The molecule has 0 amide bonds. The summed E-state index contributed by atoms with van der Waals surface area (Å²) in [7, 11) is 0. The molecule has 22 heavy (non-hydrogen) atoms. The molecule has 0 fully saturated rings. The number of hydrogen-bond acceptors (Lipinski definition) is 5. The summed E-state index contributed by atoms with van der Waals surface area (Å²) >= 11 is 0. The third kappa shape index (κ3) is 2.83. The molecule has 110 valence electrons. The highest BCUT2D eigenvalue weighted by Crippen LogP contribution is 2.26. The summed E-state index contributed by atoms with van der Waals surface area (Å²) in [5.74, 6) is 1.31. The molecule has 1 heterocycles. The summed E-state index contributed by atoms with van der Waals surface area (Å²) < 4.78 is 5.38. The summed E-state index contributed by atoms with van der Waals surface area (Å²) in [6.07, 6.45) is 1.22. The molecule has 0 bridgehead atoms. The van der Waals surface area contributed by atoms with Gasteiger partial charge in [-0.3, -0.25) is 0 Å². The van der Waals surface area contributed by atoms with E-state index in [2.05, 4.69) is 10.5 Å². The Kier molecular flexibility index (Phi) is 3.62. The number of hydrogen-bond donors (Lipinski definition) is 3. The van der Waals surface area contributed by atoms with Gasteiger partial charge in [-0.05, 0) is 31.2 Å². The van der Waals surface area contributed by atoms with Crippen molar-refractivity contribution in [2.45, 2.75) is 6.92 Å². The predicted octanol–water partition coefficient (Wildman–Crippen LogP) is 3.97. The van der Waals surface area contributed by atoms with Crippen molar-refractivity contribution in [2.75, 3.05) is 11.1 Å². The first-order valence-corrected chi connectivity index (χ1v) is 6.86. The minimum atomic E-state index is 0.571. The van der Waals surface area contributed by atoms with Crippen LogP contribution in [0.1, 0.15) is 11.1 Å². The smallest absolute Gasteiger partial charge is 0.174 e. The second kappa shape index (κ2) is 5.73. The molecule has 0 aliphatic rings. The molecule has 0 saturated heterocycles. The minimum Gasteiger partial charge on any atom is -0.398 e. The Morgan fingerprint density at radius 2 is 2.05 bits per heavy atom. The second-order valence-electron chi connectivity index (χ2n) is 5.06. The average Bonchev–Trinajstić information content (AvgIpc) is 2.98. The Hall–Kier alpha value is -3.08. The van der Waals surface area contributed by atoms with Gasteiger partial charge in [-0.1, -0.05) is 28.9 Å². The van der Waals surface area contributed by atoms with Gasteiger partial charge >= 0.3 is 0 Å². The van der Waals surface area contributed by atoms with Crippen LogP contribution in [0.5, 0.6) is 0 Å². The van der Waals surface area contributed by atoms with E-state index in [4.69, 9.17) is 15.7 Å². The lowest BCUT2D eigenvalue weighted by Crippen LogP contribution is -1.96. The molecule has 3 rings (SSSR count). The highest BCUT2D eigenvalue weighted by atomic mass is 16.5. The number of anilines is 3. The molecule has 2 aromatic carbocycles. The lowest BCUT2D eigenvalue weighted by atomic mass is 10.1. The van der Waals surface area contributed by atoms with Crippen LogP contribution in [-0.2, 0) is 0 Å². The molecule has 5 heteroatoms. The van der Waals surface area contributed by atoms with Crippen molar-refractivity contribution in [1.82, 2.24) is 5.16 Å². The zero-order valence-electron chi connectivity index (χ0n) is 12.1. The van der Waals surface area contributed by atoms with Crippen molar-refractivity contribution in [3.05, 3.63) is 59.7 Å². The van der Waals surface area contributed by atoms with Gasteiger partial charge in [-0.2, -0.15) is 0 Å². The topological polar surface area (TPSA) is 87.9 Å². The van der Waals surface area contributed by atoms with E-state index in [0.717, 1.165) is 16.8 Å². The Labute approximate surface area is 128 Å². The van der Waals surface area contributed by atoms with Crippen LogP contribution in [0.3, 0.4) is 0 Å². The molecule has 0 aliphatic carbocycles. The van der Waals surface area contributed by atoms with Gasteiger partial charge in [0.1, 0.15) is 0 Å². The van der Waals surface area contributed by atoms with Gasteiger partial charge in [-0.25, -0.2) is 0 Å². The van der Waals surface area contributed by atoms with Gasteiger partial charge in [0.15, 0.2) is 11.6 Å². The van der Waals surface area contributed by atoms with Crippen molar-refractivity contribution in [1.29, 1.82) is 5.41 Å². The molecule has 0 spiro atoms. The van der Waals surface area contributed by atoms with Crippen molar-refractivity contribution in [3.63, 3.8) is 0 Å². The molecule has 0 aliphatic heterocycles. The van der Waals surface area contributed by atoms with Gasteiger partial charge in [-0.15, -0.1) is 0 Å². The monoisotopic (exact) mass is 292 g/mol. The summed E-state index contributed by atoms with van der Waals surface area (Å²) in [5, 5.41) is 14.5. The van der Waals surface area contributed by atoms with Crippen molar-refractivity contribution in [2.24, 2.45) is 0 Å². The van der Waals surface area contributed by atoms with Crippen LogP contribution in [0.2, 0.25) is 0 Å². The Morgan fingerprint density at radius 3 is 2.82 bits per heavy atom. The van der Waals surface area contributed by atoms with Crippen LogP contribution in [0.25, 0.3) is 11.3 Å². The first-order chi connectivity index (χ1) is 10.7. The largest absolute Gasteiger partial charge is 0.398 e. The zero-order valence-corrected chi connectivity index (χ0v) is 12.1. The SMILES string of the molecule is Cc1cccc(-c2cc(Nc3ccc(N)c(C=N)c3)no2)c1. The van der Waals surface area contributed by atoms with Crippen LogP contribution < -0.4 is 11.1 Å². The number of nitrogens with zero attached hydrogens (tertiary/aromatic N) is 1. The highest BCUT2D eigenvalue weighted by Gasteiger charge is 2.07. The van der Waals surface area contributed by atoms with E-state index < -0.39 is 0 Å². The first-order valence-electron chi connectivity index (χ1n) is 6.86. The minimum absolute atomic E-state index is 0.571. The van der Waals surface area contributed by atoms with Crippen LogP contribution in [-0.4, -0.2) is 11.4 Å². The van der Waals surface area contributed by atoms with E-state index in [1.165, 1.54) is 6.21 Å². The van der Waals surface area contributed by atoms with E-state index >= 15 is 0 Å². The van der Waals surface area contributed by atoms with Crippen molar-refractivity contribution < 1.29 is 4.52 Å². The van der Waals surface area contributed by atoms with E-state index in [9.17, 15) is 0 Å². The quantitative estimate of drug-likeness (QED) is 0.501. The van der Waals surface area contributed by atoms with E-state index in [1.54, 1.807) is 12.1 Å². The summed E-state index contributed by atoms with van der Waals surface area (Å²) in [4.78, 5) is 0. The molecule has 3 aromatic rings. The zero-order chi connectivity index (χ0) is 15.5. The van der Waals surface area contributed by atoms with Crippen molar-refractivity contribution >= 4 is 23.4 Å². The van der Waals surface area contributed by atoms with Crippen LogP contribution in [0.4, 0.5) is 17.2 Å². The van der Waals surface area contributed by atoms with E-state index in [-0.39, 0.29) is 0 Å². The molecule has 0 radical (unpaired) electrons. The number of nitrogen functional groups attached to an aromatic ring is 1. The molecular formula is C17H16N4O.